The second-order valence-corrected chi connectivity index (χ2v) is 8.36. The maximum Gasteiger partial charge on any atom is 0.283 e. The Morgan fingerprint density at radius 3 is 2.62 bits per heavy atom. The average Bonchev–Trinajstić information content (AvgIpc) is 3.20. The van der Waals surface area contributed by atoms with Gasteiger partial charge in [-0.15, -0.1) is 0 Å². The van der Waals surface area contributed by atoms with Gasteiger partial charge in [0, 0.05) is 17.1 Å². The number of aliphatic imine (C=N–C) groups is 1. The molecule has 0 radical (unpaired) electrons. The molecule has 0 bridgehead atoms. The van der Waals surface area contributed by atoms with Gasteiger partial charge in [-0.2, -0.15) is 15.1 Å². The Bertz CT molecular complexity index is 1150. The number of amides is 1. The Hall–Kier alpha value is -2.93. The first-order chi connectivity index (χ1) is 13.8. The van der Waals surface area contributed by atoms with Crippen LogP contribution in [0, 0.1) is 33.1 Å². The molecule has 0 fully saturated rings. The van der Waals surface area contributed by atoms with Gasteiger partial charge < -0.3 is 4.57 Å². The zero-order valence-corrected chi connectivity index (χ0v) is 18.0. The minimum absolute atomic E-state index is 0.0762. The number of hydrazone groups is 1. The monoisotopic (exact) mass is 405 g/mol. The van der Waals surface area contributed by atoms with Gasteiger partial charge in [0.15, 0.2) is 5.84 Å². The maximum atomic E-state index is 12.6. The third kappa shape index (κ3) is 3.25. The van der Waals surface area contributed by atoms with Gasteiger partial charge in [0.25, 0.3) is 5.91 Å². The zero-order valence-electron chi connectivity index (χ0n) is 17.2. The highest BCUT2D eigenvalue weighted by Gasteiger charge is 2.35. The molecule has 0 spiro atoms. The van der Waals surface area contributed by atoms with Crippen LogP contribution in [0.2, 0.25) is 0 Å². The van der Waals surface area contributed by atoms with Gasteiger partial charge in [0.05, 0.1) is 5.57 Å². The molecule has 148 valence electrons. The Morgan fingerprint density at radius 2 is 1.93 bits per heavy atom. The van der Waals surface area contributed by atoms with Crippen molar-refractivity contribution in [1.82, 2.24) is 9.58 Å². The van der Waals surface area contributed by atoms with E-state index in [-0.39, 0.29) is 11.4 Å². The Morgan fingerprint density at radius 1 is 1.17 bits per heavy atom. The lowest BCUT2D eigenvalue weighted by molar-refractivity contribution is -0.114. The summed E-state index contributed by atoms with van der Waals surface area (Å²) in [6.07, 6.45) is 2.51. The predicted molar refractivity (Wildman–Crippen MR) is 120 cm³/mol. The molecular formula is C22H23N5OS. The number of amidine groups is 2. The summed E-state index contributed by atoms with van der Waals surface area (Å²) in [5, 5.41) is 15.7. The molecule has 0 atom stereocenters. The number of hydrogen-bond acceptors (Lipinski definition) is 4. The van der Waals surface area contributed by atoms with E-state index < -0.39 is 5.91 Å². The number of rotatable bonds is 3. The third-order valence-corrected chi connectivity index (χ3v) is 6.21. The molecule has 4 rings (SSSR count). The molecule has 1 aromatic heterocycles. The standard InChI is InChI=1S/C22H23N5OS/c1-6-19-25-27-20(23)17(21(28)24-22(27)29-19)11-16-10-14(4)26(15(16)5)18-8-7-12(2)9-13(18)3/h7-11,23H,6H2,1-5H3. The predicted octanol–water partition coefficient (Wildman–Crippen LogP) is 4.74. The Kier molecular flexibility index (Phi) is 4.78. The Balaban J connectivity index is 1.77. The first-order valence-electron chi connectivity index (χ1n) is 9.55. The smallest absolute Gasteiger partial charge is 0.283 e. The fourth-order valence-corrected chi connectivity index (χ4v) is 4.52. The van der Waals surface area contributed by atoms with Gasteiger partial charge in [-0.25, -0.2) is 0 Å². The lowest BCUT2D eigenvalue weighted by Gasteiger charge is -2.20. The van der Waals surface area contributed by atoms with Gasteiger partial charge in [-0.1, -0.05) is 24.6 Å². The van der Waals surface area contributed by atoms with Crippen LogP contribution in [0.1, 0.15) is 41.4 Å². The number of aromatic nitrogens is 1. The number of carbonyl (C=O) groups is 1. The van der Waals surface area contributed by atoms with Crippen LogP contribution in [0.3, 0.4) is 0 Å². The van der Waals surface area contributed by atoms with Crippen LogP contribution in [0.4, 0.5) is 0 Å². The van der Waals surface area contributed by atoms with E-state index in [1.165, 1.54) is 27.9 Å². The molecule has 2 aromatic rings. The molecule has 0 saturated heterocycles. The van der Waals surface area contributed by atoms with Crippen molar-refractivity contribution in [2.24, 2.45) is 10.1 Å². The second kappa shape index (κ2) is 7.15. The van der Waals surface area contributed by atoms with E-state index in [9.17, 15) is 4.79 Å². The number of hydrogen-bond donors (Lipinski definition) is 1. The lowest BCUT2D eigenvalue weighted by Crippen LogP contribution is -2.35. The number of benzene rings is 1. The van der Waals surface area contributed by atoms with Crippen molar-refractivity contribution in [3.05, 3.63) is 57.9 Å². The minimum atomic E-state index is -0.391. The summed E-state index contributed by atoms with van der Waals surface area (Å²) in [6.45, 7) is 10.3. The highest BCUT2D eigenvalue weighted by atomic mass is 32.2. The molecule has 1 N–H and O–H groups in total. The largest absolute Gasteiger partial charge is 0.318 e. The summed E-state index contributed by atoms with van der Waals surface area (Å²) in [7, 11) is 0. The van der Waals surface area contributed by atoms with E-state index in [4.69, 9.17) is 5.41 Å². The van der Waals surface area contributed by atoms with Crippen LogP contribution < -0.4 is 0 Å². The van der Waals surface area contributed by atoms with E-state index in [0.29, 0.717) is 5.17 Å². The van der Waals surface area contributed by atoms with Gasteiger partial charge in [0.2, 0.25) is 5.17 Å². The summed E-state index contributed by atoms with van der Waals surface area (Å²) in [5.41, 5.74) is 6.79. The van der Waals surface area contributed by atoms with Crippen LogP contribution in [-0.2, 0) is 4.79 Å². The van der Waals surface area contributed by atoms with Crippen molar-refractivity contribution < 1.29 is 4.79 Å². The van der Waals surface area contributed by atoms with Crippen molar-refractivity contribution in [1.29, 1.82) is 5.41 Å². The molecule has 3 heterocycles. The highest BCUT2D eigenvalue weighted by molar-refractivity contribution is 8.26. The molecular weight excluding hydrogens is 382 g/mol. The van der Waals surface area contributed by atoms with Crippen molar-refractivity contribution >= 4 is 39.8 Å². The number of nitrogens with one attached hydrogen (secondary N) is 1. The van der Waals surface area contributed by atoms with Crippen molar-refractivity contribution in [3.63, 3.8) is 0 Å². The molecule has 7 heteroatoms. The number of carbonyl (C=O) groups excluding carboxylic acids is 1. The number of fused-ring (bicyclic) bond motifs is 1. The van der Waals surface area contributed by atoms with E-state index in [1.54, 1.807) is 6.08 Å². The van der Waals surface area contributed by atoms with Gasteiger partial charge in [-0.3, -0.25) is 10.2 Å². The molecule has 29 heavy (non-hydrogen) atoms. The quantitative estimate of drug-likeness (QED) is 0.750. The van der Waals surface area contributed by atoms with E-state index in [2.05, 4.69) is 46.7 Å². The molecule has 0 aliphatic carbocycles. The number of thioether (sulfide) groups is 1. The molecule has 2 aliphatic rings. The van der Waals surface area contributed by atoms with Crippen LogP contribution >= 0.6 is 11.8 Å². The van der Waals surface area contributed by atoms with E-state index in [1.807, 2.05) is 26.8 Å². The van der Waals surface area contributed by atoms with Gasteiger partial charge in [0.1, 0.15) is 5.04 Å². The van der Waals surface area contributed by atoms with E-state index >= 15 is 0 Å². The molecule has 2 aliphatic heterocycles. The lowest BCUT2D eigenvalue weighted by atomic mass is 10.1. The van der Waals surface area contributed by atoms with E-state index in [0.717, 1.165) is 34.1 Å². The van der Waals surface area contributed by atoms with Crippen LogP contribution in [0.5, 0.6) is 0 Å². The summed E-state index contributed by atoms with van der Waals surface area (Å²) < 4.78 is 2.19. The zero-order chi connectivity index (χ0) is 20.9. The number of aryl methyl sites for hydroxylation is 3. The van der Waals surface area contributed by atoms with Gasteiger partial charge in [-0.05, 0) is 75.2 Å². The second-order valence-electron chi connectivity index (χ2n) is 7.32. The van der Waals surface area contributed by atoms with Crippen LogP contribution in [0.25, 0.3) is 11.8 Å². The Labute approximate surface area is 174 Å². The van der Waals surface area contributed by atoms with Crippen molar-refractivity contribution in [3.8, 4) is 5.69 Å². The summed E-state index contributed by atoms with van der Waals surface area (Å²) >= 11 is 1.35. The molecule has 6 nitrogen and oxygen atoms in total. The summed E-state index contributed by atoms with van der Waals surface area (Å²) in [6, 6.07) is 8.43. The molecule has 0 unspecified atom stereocenters. The summed E-state index contributed by atoms with van der Waals surface area (Å²) in [5.74, 6) is -0.315. The third-order valence-electron chi connectivity index (χ3n) is 5.16. The first kappa shape index (κ1) is 19.4. The van der Waals surface area contributed by atoms with Crippen LogP contribution in [-0.4, -0.2) is 31.5 Å². The van der Waals surface area contributed by atoms with Crippen LogP contribution in [0.15, 0.2) is 39.9 Å². The average molecular weight is 406 g/mol. The first-order valence-corrected chi connectivity index (χ1v) is 10.4. The number of nitrogens with zero attached hydrogens (tertiary/aromatic N) is 4. The summed E-state index contributed by atoms with van der Waals surface area (Å²) in [4.78, 5) is 16.8. The fraction of sp³-hybridized carbons (Fsp3) is 0.273. The fourth-order valence-electron chi connectivity index (χ4n) is 3.69. The van der Waals surface area contributed by atoms with Crippen molar-refractivity contribution in [2.75, 3.05) is 0 Å². The minimum Gasteiger partial charge on any atom is -0.318 e. The van der Waals surface area contributed by atoms with Crippen molar-refractivity contribution in [2.45, 2.75) is 41.0 Å². The molecule has 0 saturated carbocycles. The normalized spacial score (nSPS) is 17.7. The SMILES string of the molecule is CCC1=NN2C(=N)C(=Cc3cc(C)n(-c4ccc(C)cc4C)c3C)C(=O)N=C2S1. The topological polar surface area (TPSA) is 73.8 Å². The highest BCUT2D eigenvalue weighted by Crippen LogP contribution is 2.31. The maximum absolute atomic E-state index is 12.6. The van der Waals surface area contributed by atoms with Gasteiger partial charge >= 0.3 is 0 Å². The molecule has 1 aromatic carbocycles. The molecule has 1 amide bonds.